The van der Waals surface area contributed by atoms with Gasteiger partial charge in [-0.2, -0.15) is 0 Å². The Morgan fingerprint density at radius 1 is 1.20 bits per heavy atom. The standard InChI is InChI=1S/C18H30N4O3/c1-2-5-15(23)12-20-8-10-21(11-9-20)13-17-19-16(14-25-17)18(24)22-6-3-4-7-22/h14-15,23H,2-13H2,1H3/t15-/m0/s1. The van der Waals surface area contributed by atoms with Gasteiger partial charge in [0.15, 0.2) is 5.69 Å². The van der Waals surface area contributed by atoms with Crippen molar-refractivity contribution in [3.63, 3.8) is 0 Å². The van der Waals surface area contributed by atoms with E-state index < -0.39 is 0 Å². The van der Waals surface area contributed by atoms with E-state index in [0.717, 1.165) is 71.5 Å². The first-order valence-electron chi connectivity index (χ1n) is 9.52. The quantitative estimate of drug-likeness (QED) is 0.796. The second kappa shape index (κ2) is 8.78. The maximum atomic E-state index is 12.3. The number of piperazine rings is 1. The van der Waals surface area contributed by atoms with E-state index in [1.807, 2.05) is 4.90 Å². The van der Waals surface area contributed by atoms with Crippen LogP contribution in [0.1, 0.15) is 49.0 Å². The number of hydrogen-bond donors (Lipinski definition) is 1. The van der Waals surface area contributed by atoms with Gasteiger partial charge in [0.1, 0.15) is 6.26 Å². The van der Waals surface area contributed by atoms with Crippen molar-refractivity contribution in [1.29, 1.82) is 0 Å². The molecule has 0 aromatic carbocycles. The van der Waals surface area contributed by atoms with Crippen LogP contribution in [0.15, 0.2) is 10.7 Å². The first kappa shape index (κ1) is 18.4. The Kier molecular flexibility index (Phi) is 6.45. The molecule has 0 spiro atoms. The number of β-amino-alcohol motifs (C(OH)–C–C–N with tert-alkyl or cyclic N) is 1. The topological polar surface area (TPSA) is 73.1 Å². The zero-order chi connectivity index (χ0) is 17.6. The molecule has 25 heavy (non-hydrogen) atoms. The van der Waals surface area contributed by atoms with Gasteiger partial charge in [0, 0.05) is 45.8 Å². The monoisotopic (exact) mass is 350 g/mol. The van der Waals surface area contributed by atoms with E-state index >= 15 is 0 Å². The Labute approximate surface area is 149 Å². The molecule has 140 valence electrons. The molecular formula is C18H30N4O3. The Morgan fingerprint density at radius 3 is 2.56 bits per heavy atom. The number of oxazole rings is 1. The summed E-state index contributed by atoms with van der Waals surface area (Å²) in [5.74, 6) is 0.601. The zero-order valence-corrected chi connectivity index (χ0v) is 15.2. The van der Waals surface area contributed by atoms with E-state index in [0.29, 0.717) is 18.1 Å². The van der Waals surface area contributed by atoms with Crippen molar-refractivity contribution >= 4 is 5.91 Å². The van der Waals surface area contributed by atoms with E-state index in [-0.39, 0.29) is 12.0 Å². The van der Waals surface area contributed by atoms with Gasteiger partial charge in [0.2, 0.25) is 5.89 Å². The molecule has 1 aromatic heterocycles. The summed E-state index contributed by atoms with van der Waals surface area (Å²) in [6.07, 6.45) is 5.31. The molecule has 2 fully saturated rings. The largest absolute Gasteiger partial charge is 0.447 e. The number of hydrogen-bond acceptors (Lipinski definition) is 6. The predicted molar refractivity (Wildman–Crippen MR) is 94.3 cm³/mol. The predicted octanol–water partition coefficient (Wildman–Crippen LogP) is 1.19. The van der Waals surface area contributed by atoms with Crippen molar-refractivity contribution in [1.82, 2.24) is 19.7 Å². The molecule has 2 saturated heterocycles. The minimum absolute atomic E-state index is 0.0118. The van der Waals surface area contributed by atoms with E-state index in [1.54, 1.807) is 0 Å². The number of likely N-dealkylation sites (tertiary alicyclic amines) is 1. The maximum absolute atomic E-state index is 12.3. The van der Waals surface area contributed by atoms with Crippen molar-refractivity contribution in [3.8, 4) is 0 Å². The zero-order valence-electron chi connectivity index (χ0n) is 15.2. The fraction of sp³-hybridized carbons (Fsp3) is 0.778. The van der Waals surface area contributed by atoms with Crippen LogP contribution >= 0.6 is 0 Å². The summed E-state index contributed by atoms with van der Waals surface area (Å²) >= 11 is 0. The Balaban J connectivity index is 1.44. The smallest absolute Gasteiger partial charge is 0.275 e. The SMILES string of the molecule is CCC[C@H](O)CN1CCN(Cc2nc(C(=O)N3CCCC3)co2)CC1. The first-order valence-corrected chi connectivity index (χ1v) is 9.52. The summed E-state index contributed by atoms with van der Waals surface area (Å²) in [7, 11) is 0. The van der Waals surface area contributed by atoms with Crippen LogP contribution in [0.4, 0.5) is 0 Å². The Hall–Kier alpha value is -1.44. The summed E-state index contributed by atoms with van der Waals surface area (Å²) < 4.78 is 5.52. The summed E-state index contributed by atoms with van der Waals surface area (Å²) in [6, 6.07) is 0. The van der Waals surface area contributed by atoms with Gasteiger partial charge < -0.3 is 14.4 Å². The number of carbonyl (C=O) groups is 1. The van der Waals surface area contributed by atoms with Gasteiger partial charge in [-0.1, -0.05) is 13.3 Å². The highest BCUT2D eigenvalue weighted by Gasteiger charge is 2.24. The number of aliphatic hydroxyl groups is 1. The summed E-state index contributed by atoms with van der Waals surface area (Å²) in [4.78, 5) is 23.2. The lowest BCUT2D eigenvalue weighted by molar-refractivity contribution is 0.0634. The fourth-order valence-corrected chi connectivity index (χ4v) is 3.61. The van der Waals surface area contributed by atoms with E-state index in [1.165, 1.54) is 6.26 Å². The third-order valence-corrected chi connectivity index (χ3v) is 5.08. The second-order valence-corrected chi connectivity index (χ2v) is 7.15. The van der Waals surface area contributed by atoms with Gasteiger partial charge in [-0.25, -0.2) is 4.98 Å². The lowest BCUT2D eigenvalue weighted by Crippen LogP contribution is -2.48. The number of amides is 1. The van der Waals surface area contributed by atoms with Crippen LogP contribution in [0, 0.1) is 0 Å². The van der Waals surface area contributed by atoms with Crippen LogP contribution in [0.3, 0.4) is 0 Å². The van der Waals surface area contributed by atoms with Crippen LogP contribution in [0.5, 0.6) is 0 Å². The number of aliphatic hydroxyl groups excluding tert-OH is 1. The summed E-state index contributed by atoms with van der Waals surface area (Å²) in [5.41, 5.74) is 0.429. The molecule has 3 heterocycles. The number of nitrogens with zero attached hydrogens (tertiary/aromatic N) is 4. The third kappa shape index (κ3) is 5.03. The molecule has 1 aromatic rings. The average Bonchev–Trinajstić information content (AvgIpc) is 3.28. The molecule has 7 heteroatoms. The van der Waals surface area contributed by atoms with Crippen molar-refractivity contribution < 1.29 is 14.3 Å². The Bertz CT molecular complexity index is 548. The molecule has 1 atom stereocenters. The van der Waals surface area contributed by atoms with Crippen LogP contribution in [0.2, 0.25) is 0 Å². The van der Waals surface area contributed by atoms with Crippen LogP contribution < -0.4 is 0 Å². The lowest BCUT2D eigenvalue weighted by Gasteiger charge is -2.34. The highest BCUT2D eigenvalue weighted by molar-refractivity contribution is 5.92. The van der Waals surface area contributed by atoms with Gasteiger partial charge in [-0.3, -0.25) is 14.6 Å². The van der Waals surface area contributed by atoms with Crippen LogP contribution in [-0.2, 0) is 6.54 Å². The van der Waals surface area contributed by atoms with Gasteiger partial charge in [0.25, 0.3) is 5.91 Å². The molecule has 0 bridgehead atoms. The molecule has 1 amide bonds. The van der Waals surface area contributed by atoms with E-state index in [4.69, 9.17) is 4.42 Å². The average molecular weight is 350 g/mol. The number of aromatic nitrogens is 1. The highest BCUT2D eigenvalue weighted by Crippen LogP contribution is 2.14. The van der Waals surface area contributed by atoms with Crippen LogP contribution in [0.25, 0.3) is 0 Å². The molecule has 0 unspecified atom stereocenters. The second-order valence-electron chi connectivity index (χ2n) is 7.15. The van der Waals surface area contributed by atoms with Crippen molar-refractivity contribution in [2.75, 3.05) is 45.8 Å². The van der Waals surface area contributed by atoms with Crippen molar-refractivity contribution in [2.45, 2.75) is 45.3 Å². The molecule has 3 rings (SSSR count). The minimum Gasteiger partial charge on any atom is -0.447 e. The van der Waals surface area contributed by atoms with Gasteiger partial charge in [0.05, 0.1) is 12.6 Å². The lowest BCUT2D eigenvalue weighted by atomic mass is 10.2. The van der Waals surface area contributed by atoms with Gasteiger partial charge in [-0.15, -0.1) is 0 Å². The first-order chi connectivity index (χ1) is 12.2. The molecular weight excluding hydrogens is 320 g/mol. The number of rotatable bonds is 7. The molecule has 1 N–H and O–H groups in total. The Morgan fingerprint density at radius 2 is 1.88 bits per heavy atom. The molecule has 0 aliphatic carbocycles. The molecule has 0 radical (unpaired) electrons. The van der Waals surface area contributed by atoms with E-state index in [2.05, 4.69) is 21.7 Å². The summed E-state index contributed by atoms with van der Waals surface area (Å²) in [6.45, 7) is 8.89. The fourth-order valence-electron chi connectivity index (χ4n) is 3.61. The van der Waals surface area contributed by atoms with E-state index in [9.17, 15) is 9.90 Å². The van der Waals surface area contributed by atoms with Gasteiger partial charge >= 0.3 is 0 Å². The normalized spacial score (nSPS) is 21.0. The van der Waals surface area contributed by atoms with Crippen molar-refractivity contribution in [2.24, 2.45) is 0 Å². The highest BCUT2D eigenvalue weighted by atomic mass is 16.3. The molecule has 0 saturated carbocycles. The maximum Gasteiger partial charge on any atom is 0.275 e. The summed E-state index contributed by atoms with van der Waals surface area (Å²) in [5, 5.41) is 9.93. The number of carbonyl (C=O) groups excluding carboxylic acids is 1. The molecule has 7 nitrogen and oxygen atoms in total. The molecule has 2 aliphatic heterocycles. The third-order valence-electron chi connectivity index (χ3n) is 5.08. The molecule has 2 aliphatic rings. The van der Waals surface area contributed by atoms with Crippen LogP contribution in [-0.4, -0.2) is 82.6 Å². The van der Waals surface area contributed by atoms with Gasteiger partial charge in [-0.05, 0) is 19.3 Å². The minimum atomic E-state index is -0.220. The van der Waals surface area contributed by atoms with Crippen molar-refractivity contribution in [3.05, 3.63) is 17.8 Å².